The highest BCUT2D eigenvalue weighted by Crippen LogP contribution is 2.24. The van der Waals surface area contributed by atoms with Crippen LogP contribution in [0.15, 0.2) is 73.2 Å². The average molecular weight is 617 g/mol. The third-order valence-corrected chi connectivity index (χ3v) is 8.67. The van der Waals surface area contributed by atoms with E-state index in [1.165, 1.54) is 6.33 Å². The highest BCUT2D eigenvalue weighted by atomic mass is 16.3. The van der Waals surface area contributed by atoms with Crippen molar-refractivity contribution in [2.45, 2.75) is 98.3 Å². The molecule has 2 aromatic carbocycles. The number of aromatic nitrogens is 2. The maximum absolute atomic E-state index is 14.0. The first-order valence-corrected chi connectivity index (χ1v) is 16.2. The fourth-order valence-electron chi connectivity index (χ4n) is 5.62. The summed E-state index contributed by atoms with van der Waals surface area (Å²) in [4.78, 5) is 48.2. The molecule has 2 amide bonds. The van der Waals surface area contributed by atoms with Crippen molar-refractivity contribution in [2.75, 3.05) is 0 Å². The quantitative estimate of drug-likeness (QED) is 0.160. The Bertz CT molecular complexity index is 1320. The van der Waals surface area contributed by atoms with Gasteiger partial charge in [0.15, 0.2) is 0 Å². The number of hydrogen-bond donors (Lipinski definition) is 4. The molecule has 1 heterocycles. The van der Waals surface area contributed by atoms with Crippen molar-refractivity contribution >= 4 is 17.6 Å². The second-order valence-electron chi connectivity index (χ2n) is 13.6. The summed E-state index contributed by atoms with van der Waals surface area (Å²) in [6, 6.07) is 17.9. The van der Waals surface area contributed by atoms with Gasteiger partial charge in [0, 0.05) is 30.4 Å². The molecule has 3 rings (SSSR count). The first-order chi connectivity index (χ1) is 21.4. The second-order valence-corrected chi connectivity index (χ2v) is 13.6. The van der Waals surface area contributed by atoms with Gasteiger partial charge in [0.1, 0.15) is 11.8 Å². The third-order valence-electron chi connectivity index (χ3n) is 8.67. The lowest BCUT2D eigenvalue weighted by molar-refractivity contribution is -0.135. The van der Waals surface area contributed by atoms with Gasteiger partial charge in [0.05, 0.1) is 24.2 Å². The normalized spacial score (nSPS) is 15.1. The molecule has 0 aliphatic heterocycles. The van der Waals surface area contributed by atoms with E-state index in [1.54, 1.807) is 6.20 Å². The van der Waals surface area contributed by atoms with E-state index in [9.17, 15) is 19.5 Å². The number of aliphatic hydroxyl groups excluding tert-OH is 1. The Hall–Kier alpha value is -3.78. The molecular formula is C37H52N4O4. The van der Waals surface area contributed by atoms with Crippen molar-refractivity contribution in [3.8, 4) is 0 Å². The Kier molecular flexibility index (Phi) is 13.5. The zero-order valence-corrected chi connectivity index (χ0v) is 27.8. The number of nitrogens with zero attached hydrogens (tertiary/aromatic N) is 1. The van der Waals surface area contributed by atoms with Crippen LogP contribution in [0.5, 0.6) is 0 Å². The summed E-state index contributed by atoms with van der Waals surface area (Å²) >= 11 is 0. The number of aliphatic hydroxyl groups is 1. The Morgan fingerprint density at radius 3 is 1.98 bits per heavy atom. The summed E-state index contributed by atoms with van der Waals surface area (Å²) in [6.07, 6.45) is 4.96. The molecule has 0 bridgehead atoms. The standard InChI is InChI=1S/C37H52N4O4/c1-7-28(25(2)3)20-33(42)31(19-27-16-12-9-13-17-27)40-36(45)32(22-30-23-38-24-39-30)41-35(44)29(21-34(43)37(4,5)6)18-26-14-10-8-11-15-26/h8-17,23-25,28-29,31-33,42H,7,18-22H2,1-6H3,(H,38,39)(H,40,45)(H,41,44)/t28-,29+,31-,32-,33-/m0/s1. The number of carbonyl (C=O) groups excluding carboxylic acids is 3. The number of ketones is 1. The van der Waals surface area contributed by atoms with Gasteiger partial charge in [0.25, 0.3) is 0 Å². The molecule has 0 radical (unpaired) electrons. The van der Waals surface area contributed by atoms with E-state index in [1.807, 2.05) is 81.4 Å². The average Bonchev–Trinajstić information content (AvgIpc) is 3.52. The molecule has 0 aliphatic carbocycles. The molecule has 5 atom stereocenters. The lowest BCUT2D eigenvalue weighted by atomic mass is 9.83. The van der Waals surface area contributed by atoms with Crippen LogP contribution in [-0.4, -0.2) is 50.9 Å². The molecule has 0 spiro atoms. The SMILES string of the molecule is CC[C@@H](C[C@H](O)[C@H](Cc1ccccc1)NC(=O)[C@H](Cc1c[nH]cn1)NC(=O)[C@@H](CC(=O)C(C)(C)C)Cc1ccccc1)C(C)C. The van der Waals surface area contributed by atoms with Crippen molar-refractivity contribution < 1.29 is 19.5 Å². The number of nitrogens with one attached hydrogen (secondary N) is 3. The van der Waals surface area contributed by atoms with Gasteiger partial charge < -0.3 is 20.7 Å². The zero-order valence-electron chi connectivity index (χ0n) is 27.8. The molecule has 8 nitrogen and oxygen atoms in total. The highest BCUT2D eigenvalue weighted by Gasteiger charge is 2.33. The first-order valence-electron chi connectivity index (χ1n) is 16.2. The molecule has 0 unspecified atom stereocenters. The maximum Gasteiger partial charge on any atom is 0.243 e. The van der Waals surface area contributed by atoms with Gasteiger partial charge in [-0.15, -0.1) is 0 Å². The minimum atomic E-state index is -0.957. The number of imidazole rings is 1. The number of benzene rings is 2. The van der Waals surface area contributed by atoms with Crippen LogP contribution in [0, 0.1) is 23.2 Å². The van der Waals surface area contributed by atoms with Crippen LogP contribution in [0.4, 0.5) is 0 Å². The first kappa shape index (κ1) is 35.7. The Morgan fingerprint density at radius 1 is 0.867 bits per heavy atom. The van der Waals surface area contributed by atoms with Crippen LogP contribution < -0.4 is 10.6 Å². The summed E-state index contributed by atoms with van der Waals surface area (Å²) in [7, 11) is 0. The van der Waals surface area contributed by atoms with Gasteiger partial charge in [0.2, 0.25) is 11.8 Å². The zero-order chi connectivity index (χ0) is 33.0. The fraction of sp³-hybridized carbons (Fsp3) is 0.514. The number of Topliss-reactive ketones (excluding diaryl/α,β-unsaturated/α-hetero) is 1. The molecule has 3 aromatic rings. The van der Waals surface area contributed by atoms with Gasteiger partial charge in [-0.2, -0.15) is 0 Å². The van der Waals surface area contributed by atoms with E-state index in [0.29, 0.717) is 36.8 Å². The largest absolute Gasteiger partial charge is 0.391 e. The van der Waals surface area contributed by atoms with Crippen LogP contribution in [0.25, 0.3) is 0 Å². The van der Waals surface area contributed by atoms with Gasteiger partial charge >= 0.3 is 0 Å². The van der Waals surface area contributed by atoms with Crippen molar-refractivity contribution in [1.82, 2.24) is 20.6 Å². The Balaban J connectivity index is 1.87. The highest BCUT2D eigenvalue weighted by molar-refractivity contribution is 5.92. The number of aromatic amines is 1. The molecule has 45 heavy (non-hydrogen) atoms. The van der Waals surface area contributed by atoms with Crippen LogP contribution in [0.3, 0.4) is 0 Å². The molecule has 8 heteroatoms. The van der Waals surface area contributed by atoms with Crippen LogP contribution in [-0.2, 0) is 33.6 Å². The Morgan fingerprint density at radius 2 is 1.47 bits per heavy atom. The summed E-state index contributed by atoms with van der Waals surface area (Å²) in [6.45, 7) is 12.0. The van der Waals surface area contributed by atoms with E-state index in [2.05, 4.69) is 41.4 Å². The van der Waals surface area contributed by atoms with Gasteiger partial charge in [-0.1, -0.05) is 109 Å². The topological polar surface area (TPSA) is 124 Å². The van der Waals surface area contributed by atoms with E-state index < -0.39 is 35.4 Å². The molecular weight excluding hydrogens is 564 g/mol. The minimum Gasteiger partial charge on any atom is -0.391 e. The van der Waals surface area contributed by atoms with Gasteiger partial charge in [-0.3, -0.25) is 14.4 Å². The number of H-pyrrole nitrogens is 1. The second kappa shape index (κ2) is 17.1. The predicted molar refractivity (Wildman–Crippen MR) is 178 cm³/mol. The molecule has 0 fully saturated rings. The molecule has 244 valence electrons. The lowest BCUT2D eigenvalue weighted by Crippen LogP contribution is -2.55. The summed E-state index contributed by atoms with van der Waals surface area (Å²) in [5.74, 6) is -0.748. The number of amides is 2. The minimum absolute atomic E-state index is 0.0198. The van der Waals surface area contributed by atoms with E-state index in [0.717, 1.165) is 17.5 Å². The summed E-state index contributed by atoms with van der Waals surface area (Å²) in [5.41, 5.74) is 1.95. The van der Waals surface area contributed by atoms with Crippen molar-refractivity contribution in [1.29, 1.82) is 0 Å². The summed E-state index contributed by atoms with van der Waals surface area (Å²) in [5, 5.41) is 17.5. The van der Waals surface area contributed by atoms with Gasteiger partial charge in [-0.05, 0) is 42.2 Å². The molecule has 0 saturated carbocycles. The number of hydrogen-bond acceptors (Lipinski definition) is 5. The van der Waals surface area contributed by atoms with Crippen LogP contribution >= 0.6 is 0 Å². The van der Waals surface area contributed by atoms with E-state index >= 15 is 0 Å². The number of carbonyl (C=O) groups is 3. The molecule has 4 N–H and O–H groups in total. The molecule has 1 aromatic heterocycles. The summed E-state index contributed by atoms with van der Waals surface area (Å²) < 4.78 is 0. The predicted octanol–water partition coefficient (Wildman–Crippen LogP) is 5.46. The Labute approximate surface area is 268 Å². The fourth-order valence-corrected chi connectivity index (χ4v) is 5.62. The van der Waals surface area contributed by atoms with Crippen LogP contribution in [0.1, 0.15) is 77.6 Å². The smallest absolute Gasteiger partial charge is 0.243 e. The maximum atomic E-state index is 14.0. The van der Waals surface area contributed by atoms with Crippen molar-refractivity contribution in [3.05, 3.63) is 90.0 Å². The van der Waals surface area contributed by atoms with Gasteiger partial charge in [-0.25, -0.2) is 4.98 Å². The monoisotopic (exact) mass is 616 g/mol. The van der Waals surface area contributed by atoms with E-state index in [4.69, 9.17) is 0 Å². The molecule has 0 saturated heterocycles. The van der Waals surface area contributed by atoms with Crippen molar-refractivity contribution in [2.24, 2.45) is 23.2 Å². The third kappa shape index (κ3) is 11.6. The van der Waals surface area contributed by atoms with Crippen LogP contribution in [0.2, 0.25) is 0 Å². The molecule has 0 aliphatic rings. The number of rotatable bonds is 17. The van der Waals surface area contributed by atoms with E-state index in [-0.39, 0.29) is 24.5 Å². The van der Waals surface area contributed by atoms with Crippen molar-refractivity contribution in [3.63, 3.8) is 0 Å². The lowest BCUT2D eigenvalue weighted by Gasteiger charge is -2.31.